The minimum Gasteiger partial charge on any atom is -0.444 e. The van der Waals surface area contributed by atoms with Gasteiger partial charge >= 0.3 is 0 Å². The third-order valence-corrected chi connectivity index (χ3v) is 3.26. The highest BCUT2D eigenvalue weighted by atomic mass is 16.5. The first-order valence-corrected chi connectivity index (χ1v) is 8.20. The highest BCUT2D eigenvalue weighted by molar-refractivity contribution is 5.79. The number of nitrogens with zero attached hydrogens (tertiary/aromatic N) is 2. The lowest BCUT2D eigenvalue weighted by atomic mass is 10.4. The molecule has 0 atom stereocenters. The van der Waals surface area contributed by atoms with Crippen LogP contribution in [0.3, 0.4) is 0 Å². The zero-order valence-corrected chi connectivity index (χ0v) is 14.8. The van der Waals surface area contributed by atoms with Crippen molar-refractivity contribution in [2.45, 2.75) is 40.2 Å². The summed E-state index contributed by atoms with van der Waals surface area (Å²) in [4.78, 5) is 8.46. The van der Waals surface area contributed by atoms with Gasteiger partial charge in [-0.15, -0.1) is 0 Å². The van der Waals surface area contributed by atoms with Crippen LogP contribution in [-0.4, -0.2) is 51.0 Å². The molecule has 0 aromatic carbocycles. The van der Waals surface area contributed by atoms with Crippen LogP contribution in [-0.2, 0) is 16.0 Å². The molecule has 7 nitrogen and oxygen atoms in total. The Kier molecular flexibility index (Phi) is 10.1. The number of hydrogen-bond donors (Lipinski definition) is 2. The second-order valence-electron chi connectivity index (χ2n) is 5.18. The molecular formula is C16H30N4O3. The van der Waals surface area contributed by atoms with Crippen LogP contribution in [0.2, 0.25) is 0 Å². The van der Waals surface area contributed by atoms with Crippen molar-refractivity contribution in [2.75, 3.05) is 40.0 Å². The molecule has 2 N–H and O–H groups in total. The van der Waals surface area contributed by atoms with E-state index in [1.54, 1.807) is 7.05 Å². The normalized spacial score (nSPS) is 11.7. The molecule has 132 valence electrons. The van der Waals surface area contributed by atoms with E-state index >= 15 is 0 Å². The van der Waals surface area contributed by atoms with Gasteiger partial charge in [-0.2, -0.15) is 0 Å². The van der Waals surface area contributed by atoms with Crippen LogP contribution < -0.4 is 10.6 Å². The fourth-order valence-electron chi connectivity index (χ4n) is 1.80. The van der Waals surface area contributed by atoms with Crippen LogP contribution in [0.25, 0.3) is 0 Å². The third-order valence-electron chi connectivity index (χ3n) is 3.26. The van der Waals surface area contributed by atoms with Gasteiger partial charge in [0.25, 0.3) is 0 Å². The van der Waals surface area contributed by atoms with E-state index in [-0.39, 0.29) is 0 Å². The first-order valence-electron chi connectivity index (χ1n) is 8.20. The Morgan fingerprint density at radius 3 is 2.48 bits per heavy atom. The van der Waals surface area contributed by atoms with E-state index in [0.29, 0.717) is 44.8 Å². The molecule has 0 saturated carbocycles. The molecule has 1 aromatic rings. The summed E-state index contributed by atoms with van der Waals surface area (Å²) in [7, 11) is 1.73. The van der Waals surface area contributed by atoms with E-state index in [1.165, 1.54) is 0 Å². The monoisotopic (exact) mass is 326 g/mol. The van der Waals surface area contributed by atoms with Crippen LogP contribution in [0.1, 0.15) is 37.1 Å². The molecule has 0 aliphatic rings. The van der Waals surface area contributed by atoms with Crippen LogP contribution in [0.4, 0.5) is 0 Å². The lowest BCUT2D eigenvalue weighted by molar-refractivity contribution is 0.0487. The van der Waals surface area contributed by atoms with E-state index in [2.05, 4.69) is 27.5 Å². The fourth-order valence-corrected chi connectivity index (χ4v) is 1.80. The molecule has 1 aromatic heterocycles. The number of guanidine groups is 1. The molecule has 0 bridgehead atoms. The lowest BCUT2D eigenvalue weighted by Crippen LogP contribution is -2.38. The Hall–Kier alpha value is -1.60. The molecule has 0 amide bonds. The van der Waals surface area contributed by atoms with Crippen molar-refractivity contribution in [3.05, 3.63) is 17.3 Å². The van der Waals surface area contributed by atoms with Crippen LogP contribution in [0.15, 0.2) is 9.41 Å². The molecule has 0 radical (unpaired) electrons. The van der Waals surface area contributed by atoms with Crippen molar-refractivity contribution in [2.24, 2.45) is 4.99 Å². The summed E-state index contributed by atoms with van der Waals surface area (Å²) in [5, 5.41) is 6.33. The summed E-state index contributed by atoms with van der Waals surface area (Å²) in [6.45, 7) is 9.85. The van der Waals surface area contributed by atoms with Crippen LogP contribution in [0.5, 0.6) is 0 Å². The minimum absolute atomic E-state index is 0.500. The number of aromatic nitrogens is 1. The van der Waals surface area contributed by atoms with Gasteiger partial charge in [0.05, 0.1) is 32.1 Å². The van der Waals surface area contributed by atoms with Crippen LogP contribution >= 0.6 is 0 Å². The van der Waals surface area contributed by atoms with Crippen molar-refractivity contribution < 1.29 is 13.9 Å². The number of oxazole rings is 1. The molecule has 0 saturated heterocycles. The first-order chi connectivity index (χ1) is 11.2. The second-order valence-corrected chi connectivity index (χ2v) is 5.18. The van der Waals surface area contributed by atoms with Crippen molar-refractivity contribution in [1.82, 2.24) is 15.6 Å². The first kappa shape index (κ1) is 19.4. The number of aliphatic imine (C=N–C) groups is 1. The van der Waals surface area contributed by atoms with E-state index in [9.17, 15) is 0 Å². The van der Waals surface area contributed by atoms with Crippen molar-refractivity contribution in [3.63, 3.8) is 0 Å². The Morgan fingerprint density at radius 2 is 1.87 bits per heavy atom. The van der Waals surface area contributed by atoms with Gasteiger partial charge in [-0.3, -0.25) is 4.99 Å². The molecule has 0 aliphatic heterocycles. The SMILES string of the molecule is CCCCOCCOCCNC(=NC)NCc1nc(C)c(C)o1. The van der Waals surface area contributed by atoms with Gasteiger partial charge in [0.2, 0.25) is 5.89 Å². The predicted molar refractivity (Wildman–Crippen MR) is 90.7 cm³/mol. The average Bonchev–Trinajstić information content (AvgIpc) is 2.87. The Morgan fingerprint density at radius 1 is 1.13 bits per heavy atom. The number of nitrogens with one attached hydrogen (secondary N) is 2. The molecule has 7 heteroatoms. The van der Waals surface area contributed by atoms with Crippen LogP contribution in [0, 0.1) is 13.8 Å². The predicted octanol–water partition coefficient (Wildman–Crippen LogP) is 1.79. The highest BCUT2D eigenvalue weighted by Crippen LogP contribution is 2.07. The number of unbranched alkanes of at least 4 members (excludes halogenated alkanes) is 1. The largest absolute Gasteiger partial charge is 0.444 e. The van der Waals surface area contributed by atoms with Gasteiger partial charge in [-0.1, -0.05) is 13.3 Å². The summed E-state index contributed by atoms with van der Waals surface area (Å²) < 4.78 is 16.4. The minimum atomic E-state index is 0.500. The summed E-state index contributed by atoms with van der Waals surface area (Å²) in [6.07, 6.45) is 2.26. The van der Waals surface area contributed by atoms with Gasteiger partial charge in [-0.25, -0.2) is 4.98 Å². The van der Waals surface area contributed by atoms with E-state index in [1.807, 2.05) is 13.8 Å². The van der Waals surface area contributed by atoms with Gasteiger partial charge in [-0.05, 0) is 20.3 Å². The Balaban J connectivity index is 2.06. The van der Waals surface area contributed by atoms with Gasteiger partial charge < -0.3 is 24.5 Å². The fraction of sp³-hybridized carbons (Fsp3) is 0.750. The second kappa shape index (κ2) is 11.9. The Labute approximate surface area is 138 Å². The lowest BCUT2D eigenvalue weighted by Gasteiger charge is -2.11. The van der Waals surface area contributed by atoms with E-state index in [0.717, 1.165) is 30.9 Å². The highest BCUT2D eigenvalue weighted by Gasteiger charge is 2.06. The molecule has 1 heterocycles. The van der Waals surface area contributed by atoms with E-state index in [4.69, 9.17) is 13.9 Å². The maximum atomic E-state index is 5.51. The maximum absolute atomic E-state index is 5.51. The smallest absolute Gasteiger partial charge is 0.214 e. The molecular weight excluding hydrogens is 296 g/mol. The van der Waals surface area contributed by atoms with Gasteiger partial charge in [0.15, 0.2) is 5.96 Å². The Bertz CT molecular complexity index is 441. The summed E-state index contributed by atoms with van der Waals surface area (Å²) in [5.41, 5.74) is 0.916. The van der Waals surface area contributed by atoms with Gasteiger partial charge in [0, 0.05) is 20.2 Å². The number of rotatable bonds is 11. The van der Waals surface area contributed by atoms with Crippen molar-refractivity contribution >= 4 is 5.96 Å². The molecule has 23 heavy (non-hydrogen) atoms. The molecule has 0 spiro atoms. The number of hydrogen-bond acceptors (Lipinski definition) is 5. The maximum Gasteiger partial charge on any atom is 0.214 e. The summed E-state index contributed by atoms with van der Waals surface area (Å²) in [6, 6.07) is 0. The standard InChI is InChI=1S/C16H30N4O3/c1-5-6-8-21-10-11-22-9-7-18-16(17-4)19-12-15-20-13(2)14(3)23-15/h5-12H2,1-4H3,(H2,17,18,19). The third kappa shape index (κ3) is 8.56. The van der Waals surface area contributed by atoms with E-state index < -0.39 is 0 Å². The topological polar surface area (TPSA) is 80.9 Å². The quantitative estimate of drug-likeness (QED) is 0.367. The summed E-state index contributed by atoms with van der Waals surface area (Å²) in [5.74, 6) is 2.20. The van der Waals surface area contributed by atoms with Crippen molar-refractivity contribution in [1.29, 1.82) is 0 Å². The molecule has 0 unspecified atom stereocenters. The summed E-state index contributed by atoms with van der Waals surface area (Å²) >= 11 is 0. The molecule has 0 fully saturated rings. The zero-order chi connectivity index (χ0) is 16.9. The number of ether oxygens (including phenoxy) is 2. The van der Waals surface area contributed by atoms with Gasteiger partial charge in [0.1, 0.15) is 5.76 Å². The van der Waals surface area contributed by atoms with Crippen molar-refractivity contribution in [3.8, 4) is 0 Å². The average molecular weight is 326 g/mol. The zero-order valence-electron chi connectivity index (χ0n) is 14.8. The molecule has 1 rings (SSSR count). The molecule has 0 aliphatic carbocycles. The number of aryl methyl sites for hydroxylation is 2.